The molecule has 3 fully saturated rings. The van der Waals surface area contributed by atoms with Crippen LogP contribution in [-0.4, -0.2) is 54.9 Å². The lowest BCUT2D eigenvalue weighted by Gasteiger charge is -2.43. The van der Waals surface area contributed by atoms with Crippen LogP contribution in [0, 0.1) is 11.3 Å². The Morgan fingerprint density at radius 3 is 2.38 bits per heavy atom. The zero-order valence-corrected chi connectivity index (χ0v) is 13.7. The van der Waals surface area contributed by atoms with Crippen molar-refractivity contribution >= 4 is 6.29 Å². The van der Waals surface area contributed by atoms with Crippen LogP contribution in [0.15, 0.2) is 0 Å². The van der Waals surface area contributed by atoms with Gasteiger partial charge in [-0.3, -0.25) is 9.80 Å². The van der Waals surface area contributed by atoms with E-state index in [-0.39, 0.29) is 5.41 Å². The zero-order valence-electron chi connectivity index (χ0n) is 13.7. The van der Waals surface area contributed by atoms with Crippen molar-refractivity contribution in [3.63, 3.8) is 0 Å². The second-order valence-electron chi connectivity index (χ2n) is 7.93. The predicted molar refractivity (Wildman–Crippen MR) is 86.4 cm³/mol. The van der Waals surface area contributed by atoms with Crippen molar-refractivity contribution in [3.8, 4) is 0 Å². The van der Waals surface area contributed by atoms with E-state index in [0.29, 0.717) is 0 Å². The van der Waals surface area contributed by atoms with E-state index in [1.807, 2.05) is 0 Å². The predicted octanol–water partition coefficient (Wildman–Crippen LogP) is 2.94. The van der Waals surface area contributed by atoms with Crippen molar-refractivity contribution in [2.45, 2.75) is 64.3 Å². The summed E-state index contributed by atoms with van der Waals surface area (Å²) in [7, 11) is 0. The van der Waals surface area contributed by atoms with Crippen LogP contribution in [0.25, 0.3) is 0 Å². The van der Waals surface area contributed by atoms with Gasteiger partial charge in [-0.25, -0.2) is 0 Å². The standard InChI is InChI=1S/C18H32N2O/c1-16-5-4-8-18(13-16,15-21)14-19-9-11-20(12-10-19)17-6-2-3-7-17/h15-17H,2-14H2,1H3. The van der Waals surface area contributed by atoms with Gasteiger partial charge < -0.3 is 4.79 Å². The Morgan fingerprint density at radius 1 is 1.05 bits per heavy atom. The number of carbonyl (C=O) groups excluding carboxylic acids is 1. The van der Waals surface area contributed by atoms with Gasteiger partial charge in [0.25, 0.3) is 0 Å². The zero-order chi connectivity index (χ0) is 14.7. The van der Waals surface area contributed by atoms with Gasteiger partial charge in [0.15, 0.2) is 0 Å². The van der Waals surface area contributed by atoms with Crippen molar-refractivity contribution in [2.24, 2.45) is 11.3 Å². The van der Waals surface area contributed by atoms with Crippen molar-refractivity contribution in [2.75, 3.05) is 32.7 Å². The van der Waals surface area contributed by atoms with Crippen LogP contribution in [-0.2, 0) is 4.79 Å². The number of aldehydes is 1. The van der Waals surface area contributed by atoms with Crippen LogP contribution in [0.1, 0.15) is 58.3 Å². The molecule has 2 atom stereocenters. The van der Waals surface area contributed by atoms with Crippen molar-refractivity contribution in [3.05, 3.63) is 0 Å². The molecule has 0 aromatic carbocycles. The number of carbonyl (C=O) groups is 1. The summed E-state index contributed by atoms with van der Waals surface area (Å²) in [5.41, 5.74) is -0.0345. The topological polar surface area (TPSA) is 23.6 Å². The van der Waals surface area contributed by atoms with Gasteiger partial charge in [0, 0.05) is 44.2 Å². The van der Waals surface area contributed by atoms with Crippen LogP contribution < -0.4 is 0 Å². The molecule has 0 bridgehead atoms. The summed E-state index contributed by atoms with van der Waals surface area (Å²) in [5.74, 6) is 0.726. The third-order valence-electron chi connectivity index (χ3n) is 6.16. The third-order valence-corrected chi connectivity index (χ3v) is 6.16. The van der Waals surface area contributed by atoms with Gasteiger partial charge in [-0.1, -0.05) is 32.6 Å². The van der Waals surface area contributed by atoms with Crippen LogP contribution in [0.5, 0.6) is 0 Å². The molecule has 0 amide bonds. The number of hydrogen-bond donors (Lipinski definition) is 0. The molecule has 21 heavy (non-hydrogen) atoms. The Balaban J connectivity index is 1.50. The fourth-order valence-electron chi connectivity index (χ4n) is 4.99. The largest absolute Gasteiger partial charge is 0.303 e. The minimum absolute atomic E-state index is 0.0345. The highest BCUT2D eigenvalue weighted by molar-refractivity contribution is 5.60. The molecule has 0 spiro atoms. The Morgan fingerprint density at radius 2 is 1.76 bits per heavy atom. The van der Waals surface area contributed by atoms with E-state index in [9.17, 15) is 4.79 Å². The smallest absolute Gasteiger partial charge is 0.127 e. The molecule has 1 heterocycles. The lowest BCUT2D eigenvalue weighted by molar-refractivity contribution is -0.120. The van der Waals surface area contributed by atoms with E-state index in [1.165, 1.54) is 71.0 Å². The quantitative estimate of drug-likeness (QED) is 0.744. The summed E-state index contributed by atoms with van der Waals surface area (Å²) in [5, 5.41) is 0. The molecule has 3 rings (SSSR count). The van der Waals surface area contributed by atoms with E-state index in [4.69, 9.17) is 0 Å². The molecule has 2 unspecified atom stereocenters. The molecule has 2 saturated carbocycles. The summed E-state index contributed by atoms with van der Waals surface area (Å²) in [6.45, 7) is 8.10. The third kappa shape index (κ3) is 3.68. The molecule has 0 aromatic heterocycles. The van der Waals surface area contributed by atoms with Crippen LogP contribution >= 0.6 is 0 Å². The minimum atomic E-state index is -0.0345. The van der Waals surface area contributed by atoms with Crippen molar-refractivity contribution in [1.29, 1.82) is 0 Å². The van der Waals surface area contributed by atoms with Crippen LogP contribution in [0.2, 0.25) is 0 Å². The molecule has 120 valence electrons. The maximum absolute atomic E-state index is 11.7. The lowest BCUT2D eigenvalue weighted by atomic mass is 9.70. The molecule has 1 saturated heterocycles. The number of hydrogen-bond acceptors (Lipinski definition) is 3. The van der Waals surface area contributed by atoms with Gasteiger partial charge in [0.1, 0.15) is 6.29 Å². The number of piperazine rings is 1. The first-order valence-electron chi connectivity index (χ1n) is 9.13. The Hall–Kier alpha value is -0.410. The first-order chi connectivity index (χ1) is 10.2. The van der Waals surface area contributed by atoms with Gasteiger partial charge in [-0.05, 0) is 31.6 Å². The second-order valence-corrected chi connectivity index (χ2v) is 7.93. The van der Waals surface area contributed by atoms with E-state index in [1.54, 1.807) is 0 Å². The van der Waals surface area contributed by atoms with Gasteiger partial charge >= 0.3 is 0 Å². The monoisotopic (exact) mass is 292 g/mol. The first kappa shape index (κ1) is 15.5. The van der Waals surface area contributed by atoms with E-state index in [0.717, 1.165) is 31.3 Å². The number of rotatable bonds is 4. The van der Waals surface area contributed by atoms with Crippen molar-refractivity contribution in [1.82, 2.24) is 9.80 Å². The molecule has 0 aromatic rings. The van der Waals surface area contributed by atoms with Gasteiger partial charge in [0.2, 0.25) is 0 Å². The lowest BCUT2D eigenvalue weighted by Crippen LogP contribution is -2.53. The van der Waals surface area contributed by atoms with E-state index >= 15 is 0 Å². The van der Waals surface area contributed by atoms with Crippen LogP contribution in [0.4, 0.5) is 0 Å². The fraction of sp³-hybridized carbons (Fsp3) is 0.944. The highest BCUT2D eigenvalue weighted by Gasteiger charge is 2.37. The molecular weight excluding hydrogens is 260 g/mol. The molecule has 3 heteroatoms. The molecule has 3 aliphatic rings. The van der Waals surface area contributed by atoms with Crippen LogP contribution in [0.3, 0.4) is 0 Å². The summed E-state index contributed by atoms with van der Waals surface area (Å²) in [6, 6.07) is 0.863. The SMILES string of the molecule is CC1CCCC(C=O)(CN2CCN(C3CCCC3)CC2)C1. The Kier molecular flexibility index (Phi) is 5.00. The molecule has 3 nitrogen and oxygen atoms in total. The minimum Gasteiger partial charge on any atom is -0.303 e. The Bertz CT molecular complexity index is 345. The summed E-state index contributed by atoms with van der Waals surface area (Å²) in [6.07, 6.45) is 11.8. The van der Waals surface area contributed by atoms with Gasteiger partial charge in [0.05, 0.1) is 0 Å². The maximum Gasteiger partial charge on any atom is 0.127 e. The molecule has 2 aliphatic carbocycles. The molecular formula is C18H32N2O. The highest BCUT2D eigenvalue weighted by Crippen LogP contribution is 2.38. The summed E-state index contributed by atoms with van der Waals surface area (Å²) in [4.78, 5) is 17.0. The van der Waals surface area contributed by atoms with Crippen molar-refractivity contribution < 1.29 is 4.79 Å². The van der Waals surface area contributed by atoms with E-state index < -0.39 is 0 Å². The second kappa shape index (κ2) is 6.78. The highest BCUT2D eigenvalue weighted by atomic mass is 16.1. The fourth-order valence-corrected chi connectivity index (χ4v) is 4.99. The van der Waals surface area contributed by atoms with E-state index in [2.05, 4.69) is 16.7 Å². The average molecular weight is 292 g/mol. The molecule has 0 radical (unpaired) electrons. The first-order valence-corrected chi connectivity index (χ1v) is 9.13. The molecule has 0 N–H and O–H groups in total. The summed E-state index contributed by atoms with van der Waals surface area (Å²) < 4.78 is 0. The van der Waals surface area contributed by atoms with Gasteiger partial charge in [-0.2, -0.15) is 0 Å². The Labute approximate surface area is 130 Å². The molecule has 1 aliphatic heterocycles. The van der Waals surface area contributed by atoms with Gasteiger partial charge in [-0.15, -0.1) is 0 Å². The summed E-state index contributed by atoms with van der Waals surface area (Å²) >= 11 is 0. The number of nitrogens with zero attached hydrogens (tertiary/aromatic N) is 2. The average Bonchev–Trinajstić information content (AvgIpc) is 3.02. The maximum atomic E-state index is 11.7. The normalized spacial score (nSPS) is 36.9.